The zero-order valence-corrected chi connectivity index (χ0v) is 27.1. The van der Waals surface area contributed by atoms with Gasteiger partial charge in [-0.15, -0.1) is 0 Å². The Morgan fingerprint density at radius 1 is 0.326 bits per heavy atom. The molecule has 0 spiro atoms. The van der Waals surface area contributed by atoms with Gasteiger partial charge in [0, 0.05) is 19.6 Å². The molecule has 0 saturated carbocycles. The van der Waals surface area contributed by atoms with Gasteiger partial charge in [0.25, 0.3) is 0 Å². The Labute approximate surface area is 275 Å². The van der Waals surface area contributed by atoms with Crippen LogP contribution in [0.1, 0.15) is 0 Å². The third-order valence-corrected chi connectivity index (χ3v) is 12.6. The third kappa shape index (κ3) is 7.10. The van der Waals surface area contributed by atoms with Gasteiger partial charge >= 0.3 is 0 Å². The van der Waals surface area contributed by atoms with E-state index >= 15 is 0 Å². The molecule has 0 fully saturated rings. The number of hydrogen-bond acceptors (Lipinski definition) is 6. The predicted molar refractivity (Wildman–Crippen MR) is 177 cm³/mol. The number of rotatable bonds is 9. The van der Waals surface area contributed by atoms with Gasteiger partial charge in [-0.25, -0.2) is 25.6 Å². The molecule has 4 nitrogen and oxygen atoms in total. The molecule has 0 aromatic heterocycles. The summed E-state index contributed by atoms with van der Waals surface area (Å²) in [5.41, 5.74) is 1.47. The van der Waals surface area contributed by atoms with Gasteiger partial charge in [-0.1, -0.05) is 47.8 Å². The lowest BCUT2D eigenvalue weighted by molar-refractivity contribution is 0.594. The van der Waals surface area contributed by atoms with Crippen LogP contribution < -0.4 is 0 Å². The zero-order valence-electron chi connectivity index (χ0n) is 23.9. The molecule has 10 heteroatoms. The molecule has 0 atom stereocenters. The van der Waals surface area contributed by atoms with E-state index in [1.54, 1.807) is 97.1 Å². The Hall–Kier alpha value is -4.22. The fraction of sp³-hybridized carbons (Fsp3) is 0. The molecule has 0 radical (unpaired) electrons. The molecule has 6 aromatic carbocycles. The van der Waals surface area contributed by atoms with Gasteiger partial charge < -0.3 is 0 Å². The lowest BCUT2D eigenvalue weighted by atomic mass is 10.1. The topological polar surface area (TPSA) is 68.3 Å². The van der Waals surface area contributed by atoms with Crippen molar-refractivity contribution in [1.82, 2.24) is 0 Å². The second-order valence-electron chi connectivity index (χ2n) is 10.1. The molecule has 230 valence electrons. The first-order valence-corrected chi connectivity index (χ1v) is 18.5. The number of halogens is 2. The summed E-state index contributed by atoms with van der Waals surface area (Å²) in [6, 6.07) is 38.1. The van der Waals surface area contributed by atoms with Gasteiger partial charge in [-0.3, -0.25) is 0 Å². The van der Waals surface area contributed by atoms with Crippen molar-refractivity contribution in [2.75, 3.05) is 0 Å². The van der Waals surface area contributed by atoms with Crippen LogP contribution >= 0.6 is 23.5 Å². The normalized spacial score (nSPS) is 11.8. The van der Waals surface area contributed by atoms with Crippen molar-refractivity contribution >= 4 is 43.2 Å². The minimum atomic E-state index is -3.77. The monoisotopic (exact) mass is 686 g/mol. The maximum atomic E-state index is 13.3. The molecule has 0 N–H and O–H groups in total. The van der Waals surface area contributed by atoms with Crippen LogP contribution in [0.15, 0.2) is 185 Å². The van der Waals surface area contributed by atoms with Gasteiger partial charge in [0.2, 0.25) is 19.7 Å². The Morgan fingerprint density at radius 3 is 0.804 bits per heavy atom. The summed E-state index contributed by atoms with van der Waals surface area (Å²) in [5, 5.41) is 0. The van der Waals surface area contributed by atoms with E-state index in [4.69, 9.17) is 0 Å². The molecular weight excluding hydrogens is 663 g/mol. The zero-order chi connectivity index (χ0) is 32.3. The lowest BCUT2D eigenvalue weighted by Crippen LogP contribution is -2.02. The molecule has 0 saturated heterocycles. The van der Waals surface area contributed by atoms with Gasteiger partial charge in [0.1, 0.15) is 11.6 Å². The molecule has 0 aliphatic rings. The minimum Gasteiger partial charge on any atom is -0.219 e. The molecule has 0 bridgehead atoms. The molecule has 0 amide bonds. The van der Waals surface area contributed by atoms with Crippen molar-refractivity contribution < 1.29 is 25.6 Å². The largest absolute Gasteiger partial charge is 0.219 e. The van der Waals surface area contributed by atoms with E-state index in [0.717, 1.165) is 30.7 Å². The van der Waals surface area contributed by atoms with E-state index < -0.39 is 19.7 Å². The molecule has 0 aliphatic heterocycles. The minimum absolute atomic E-state index is 0.135. The van der Waals surface area contributed by atoms with Crippen LogP contribution in [0.3, 0.4) is 0 Å². The Balaban J connectivity index is 1.13. The Morgan fingerprint density at radius 2 is 0.543 bits per heavy atom. The second-order valence-corrected chi connectivity index (χ2v) is 16.3. The maximum absolute atomic E-state index is 13.3. The van der Waals surface area contributed by atoms with Crippen LogP contribution in [0.5, 0.6) is 0 Å². The Kier molecular flexibility index (Phi) is 9.15. The van der Waals surface area contributed by atoms with Crippen LogP contribution in [-0.2, 0) is 19.7 Å². The van der Waals surface area contributed by atoms with E-state index in [1.165, 1.54) is 72.1 Å². The average Bonchev–Trinajstić information content (AvgIpc) is 3.07. The number of benzene rings is 6. The standard InChI is InChI=1S/C36H24F2O4S4/c37-27-5-9-29(10-6-27)43-31-13-21-35(22-14-31)45(39,40)33-17-1-25(2-18-33)26-3-19-34(20-4-26)46(41,42)36-23-15-32(16-24-36)44-30-11-7-28(38)8-12-30/h1-24H. The fourth-order valence-corrected chi connectivity index (χ4v) is 8.73. The Bertz CT molecular complexity index is 2020. The van der Waals surface area contributed by atoms with Crippen LogP contribution in [0.2, 0.25) is 0 Å². The van der Waals surface area contributed by atoms with Gasteiger partial charge in [-0.2, -0.15) is 0 Å². The highest BCUT2D eigenvalue weighted by atomic mass is 32.2. The summed E-state index contributed by atoms with van der Waals surface area (Å²) >= 11 is 2.81. The van der Waals surface area contributed by atoms with E-state index in [0.29, 0.717) is 0 Å². The molecule has 0 unspecified atom stereocenters. The molecule has 0 heterocycles. The summed E-state index contributed by atoms with van der Waals surface area (Å²) in [5.74, 6) is -0.639. The summed E-state index contributed by atoms with van der Waals surface area (Å²) in [7, 11) is -7.53. The highest BCUT2D eigenvalue weighted by molar-refractivity contribution is 7.99. The van der Waals surface area contributed by atoms with E-state index in [-0.39, 0.29) is 31.2 Å². The van der Waals surface area contributed by atoms with E-state index in [2.05, 4.69) is 0 Å². The highest BCUT2D eigenvalue weighted by Gasteiger charge is 2.20. The van der Waals surface area contributed by atoms with Crippen molar-refractivity contribution in [3.05, 3.63) is 157 Å². The SMILES string of the molecule is O=S(=O)(c1ccc(Sc2ccc(F)cc2)cc1)c1ccc(-c2ccc(S(=O)(=O)c3ccc(Sc4ccc(F)cc4)cc3)cc2)cc1. The number of sulfone groups is 2. The predicted octanol–water partition coefficient (Wildman–Crippen LogP) is 9.60. The third-order valence-electron chi connectivity index (χ3n) is 7.03. The van der Waals surface area contributed by atoms with Gasteiger partial charge in [0.05, 0.1) is 19.6 Å². The first-order valence-electron chi connectivity index (χ1n) is 13.9. The molecule has 6 aromatic rings. The molecule has 6 rings (SSSR count). The molecule has 0 aliphatic carbocycles. The smallest absolute Gasteiger partial charge is 0.206 e. The second kappa shape index (κ2) is 13.3. The summed E-state index contributed by atoms with van der Waals surface area (Å²) in [4.78, 5) is 3.90. The fourth-order valence-electron chi connectivity index (χ4n) is 4.58. The quantitative estimate of drug-likeness (QED) is 0.151. The first kappa shape index (κ1) is 31.7. The summed E-state index contributed by atoms with van der Waals surface area (Å²) in [6.07, 6.45) is 0. The molecule has 46 heavy (non-hydrogen) atoms. The van der Waals surface area contributed by atoms with E-state index in [9.17, 15) is 25.6 Å². The van der Waals surface area contributed by atoms with Crippen LogP contribution in [0.25, 0.3) is 11.1 Å². The average molecular weight is 687 g/mol. The highest BCUT2D eigenvalue weighted by Crippen LogP contribution is 2.32. The van der Waals surface area contributed by atoms with Crippen LogP contribution in [-0.4, -0.2) is 16.8 Å². The van der Waals surface area contributed by atoms with Crippen molar-refractivity contribution in [2.24, 2.45) is 0 Å². The van der Waals surface area contributed by atoms with Gasteiger partial charge in [-0.05, 0) is 132 Å². The summed E-state index contributed by atoms with van der Waals surface area (Å²) < 4.78 is 79.4. The lowest BCUT2D eigenvalue weighted by Gasteiger charge is -2.09. The van der Waals surface area contributed by atoms with Crippen molar-refractivity contribution in [2.45, 2.75) is 39.2 Å². The summed E-state index contributed by atoms with van der Waals surface area (Å²) in [6.45, 7) is 0. The molecular formula is C36H24F2O4S4. The number of hydrogen-bond donors (Lipinski definition) is 0. The van der Waals surface area contributed by atoms with Gasteiger partial charge in [0.15, 0.2) is 0 Å². The van der Waals surface area contributed by atoms with Crippen LogP contribution in [0.4, 0.5) is 8.78 Å². The first-order chi connectivity index (χ1) is 22.1. The maximum Gasteiger partial charge on any atom is 0.206 e. The van der Waals surface area contributed by atoms with Crippen molar-refractivity contribution in [3.63, 3.8) is 0 Å². The van der Waals surface area contributed by atoms with Crippen LogP contribution in [0, 0.1) is 11.6 Å². The van der Waals surface area contributed by atoms with Crippen molar-refractivity contribution in [3.8, 4) is 11.1 Å². The van der Waals surface area contributed by atoms with E-state index in [1.807, 2.05) is 0 Å². The van der Waals surface area contributed by atoms with Crippen molar-refractivity contribution in [1.29, 1.82) is 0 Å².